The second kappa shape index (κ2) is 10.8. The first-order chi connectivity index (χ1) is 12.3. The maximum atomic E-state index is 11.8. The van der Waals surface area contributed by atoms with Crippen molar-refractivity contribution >= 4 is 119 Å². The summed E-state index contributed by atoms with van der Waals surface area (Å²) in [7, 11) is 1.38. The monoisotopic (exact) mass is 917 g/mol. The Hall–Kier alpha value is 1.12. The summed E-state index contributed by atoms with van der Waals surface area (Å²) >= 11 is 10.6. The lowest BCUT2D eigenvalue weighted by atomic mass is 10.1. The number of hydrogen-bond acceptors (Lipinski definition) is 5. The number of methoxy groups -OCH3 is 1. The number of phenolic OH excluding ortho intramolecular Hbond substituents is 1. The fraction of sp³-hybridized carbons (Fsp3) is 0.188. The van der Waals surface area contributed by atoms with Crippen LogP contribution >= 0.6 is 113 Å². The largest absolute Gasteiger partial charge is 0.506 e. The van der Waals surface area contributed by atoms with Crippen molar-refractivity contribution in [1.29, 1.82) is 0 Å². The number of rotatable bonds is 6. The number of hydrogen-bond donors (Lipinski definition) is 2. The summed E-state index contributed by atoms with van der Waals surface area (Å²) in [5, 5.41) is 9.90. The summed E-state index contributed by atoms with van der Waals surface area (Å²) in [6.07, 6.45) is 0.525. The average Bonchev–Trinajstić information content (AvgIpc) is 2.59. The van der Waals surface area contributed by atoms with E-state index in [9.17, 15) is 9.90 Å². The molecule has 0 aliphatic rings. The molecule has 5 nitrogen and oxygen atoms in total. The molecule has 0 fully saturated rings. The predicted octanol–water partition coefficient (Wildman–Crippen LogP) is 5.63. The van der Waals surface area contributed by atoms with Gasteiger partial charge in [-0.2, -0.15) is 0 Å². The molecule has 0 aromatic heterocycles. The summed E-state index contributed by atoms with van der Waals surface area (Å²) in [6, 6.07) is 7.19. The van der Waals surface area contributed by atoms with Gasteiger partial charge in [-0.3, -0.25) is 4.79 Å². The van der Waals surface area contributed by atoms with E-state index >= 15 is 0 Å². The highest BCUT2D eigenvalue weighted by molar-refractivity contribution is 14.1. The van der Waals surface area contributed by atoms with Gasteiger partial charge >= 0.3 is 5.97 Å². The average molecular weight is 917 g/mol. The molecule has 2 rings (SSSR count). The van der Waals surface area contributed by atoms with E-state index in [4.69, 9.17) is 9.47 Å². The van der Waals surface area contributed by atoms with E-state index < -0.39 is 6.04 Å². The number of aromatic hydroxyl groups is 1. The van der Waals surface area contributed by atoms with Gasteiger partial charge in [-0.05, 0) is 127 Å². The lowest BCUT2D eigenvalue weighted by molar-refractivity contribution is -0.142. The summed E-state index contributed by atoms with van der Waals surface area (Å²) in [5.41, 5.74) is 1.01. The highest BCUT2D eigenvalue weighted by Crippen LogP contribution is 2.37. The molecule has 1 unspecified atom stereocenters. The molecular weight excluding hydrogens is 905 g/mol. The van der Waals surface area contributed by atoms with Crippen LogP contribution in [0.15, 0.2) is 24.3 Å². The molecule has 0 amide bonds. The van der Waals surface area contributed by atoms with E-state index in [1.807, 2.05) is 35.0 Å². The van der Waals surface area contributed by atoms with Gasteiger partial charge in [0.15, 0.2) is 5.75 Å². The van der Waals surface area contributed by atoms with Gasteiger partial charge in [-0.25, -0.2) is 3.53 Å². The summed E-state index contributed by atoms with van der Waals surface area (Å²) in [4.78, 5) is 11.8. The van der Waals surface area contributed by atoms with Crippen LogP contribution in [0.25, 0.3) is 0 Å². The first-order valence-electron chi connectivity index (χ1n) is 7.04. The molecule has 0 aliphatic heterocycles. The van der Waals surface area contributed by atoms with Crippen LogP contribution in [-0.4, -0.2) is 24.2 Å². The molecule has 2 N–H and O–H groups in total. The second-order valence-electron chi connectivity index (χ2n) is 5.12. The minimum absolute atomic E-state index is 0.262. The van der Waals surface area contributed by atoms with Crippen LogP contribution in [0.5, 0.6) is 17.2 Å². The Labute approximate surface area is 219 Å². The molecule has 0 spiro atoms. The zero-order valence-electron chi connectivity index (χ0n) is 13.2. The summed E-state index contributed by atoms with van der Waals surface area (Å²) in [5.74, 6) is 1.39. The number of halogens is 5. The molecule has 0 saturated carbocycles. The van der Waals surface area contributed by atoms with E-state index in [1.165, 1.54) is 7.11 Å². The molecule has 0 bridgehead atoms. The predicted molar refractivity (Wildman–Crippen MR) is 142 cm³/mol. The minimum atomic E-state index is -0.403. The van der Waals surface area contributed by atoms with Crippen molar-refractivity contribution in [3.8, 4) is 17.2 Å². The fourth-order valence-corrected chi connectivity index (χ4v) is 6.39. The van der Waals surface area contributed by atoms with Gasteiger partial charge < -0.3 is 14.6 Å². The van der Waals surface area contributed by atoms with Gasteiger partial charge in [0, 0.05) is 22.9 Å². The molecule has 0 aliphatic carbocycles. The normalized spacial score (nSPS) is 11.9. The Morgan fingerprint density at radius 2 is 1.62 bits per heavy atom. The highest BCUT2D eigenvalue weighted by atomic mass is 127. The lowest BCUT2D eigenvalue weighted by Gasteiger charge is -2.16. The van der Waals surface area contributed by atoms with E-state index in [0.29, 0.717) is 12.2 Å². The number of carbonyl (C=O) groups is 1. The Morgan fingerprint density at radius 3 is 2.08 bits per heavy atom. The van der Waals surface area contributed by atoms with E-state index in [0.717, 1.165) is 25.6 Å². The molecule has 0 heterocycles. The van der Waals surface area contributed by atoms with Crippen molar-refractivity contribution in [3.63, 3.8) is 0 Å². The molecular formula is C16H12I5NO4. The van der Waals surface area contributed by atoms with E-state index in [1.54, 1.807) is 12.1 Å². The van der Waals surface area contributed by atoms with Crippen LogP contribution in [0.4, 0.5) is 0 Å². The molecule has 2 aromatic carbocycles. The first kappa shape index (κ1) is 23.4. The van der Waals surface area contributed by atoms with E-state index in [-0.39, 0.29) is 11.7 Å². The molecule has 10 heteroatoms. The van der Waals surface area contributed by atoms with Crippen molar-refractivity contribution in [2.45, 2.75) is 12.5 Å². The summed E-state index contributed by atoms with van der Waals surface area (Å²) in [6.45, 7) is 0. The third kappa shape index (κ3) is 6.06. The molecule has 1 atom stereocenters. The van der Waals surface area contributed by atoms with Crippen LogP contribution < -0.4 is 8.27 Å². The molecule has 0 radical (unpaired) electrons. The van der Waals surface area contributed by atoms with Crippen molar-refractivity contribution in [2.75, 3.05) is 7.11 Å². The quantitative estimate of drug-likeness (QED) is 0.224. The zero-order chi connectivity index (χ0) is 19.4. The SMILES string of the molecule is COC(=O)C(Cc1cc(I)c(Oc2cc(I)c(O)c(I)c2)c(I)c1)NI. The Balaban J connectivity index is 2.28. The standard InChI is InChI=1S/C16H12I5NO4/c1-25-16(24)13(22-21)4-7-2-11(19)15(12(20)3-7)26-8-5-9(17)14(23)10(18)6-8/h2-3,5-6,13,22-23H,4H2,1H3. The number of esters is 1. The second-order valence-corrected chi connectivity index (χ2v) is 10.4. The van der Waals surface area contributed by atoms with Gasteiger partial charge in [-0.15, -0.1) is 0 Å². The Bertz CT molecular complexity index is 784. The summed E-state index contributed by atoms with van der Waals surface area (Å²) < 4.78 is 17.2. The zero-order valence-corrected chi connectivity index (χ0v) is 23.9. The molecule has 140 valence electrons. The van der Waals surface area contributed by atoms with Crippen molar-refractivity contribution in [3.05, 3.63) is 44.1 Å². The molecule has 0 saturated heterocycles. The van der Waals surface area contributed by atoms with Crippen molar-refractivity contribution < 1.29 is 19.4 Å². The first-order valence-corrected chi connectivity index (χ1v) is 12.4. The highest BCUT2D eigenvalue weighted by Gasteiger charge is 2.20. The van der Waals surface area contributed by atoms with Gasteiger partial charge in [0.05, 0.1) is 21.4 Å². The van der Waals surface area contributed by atoms with Gasteiger partial charge in [-0.1, -0.05) is 0 Å². The van der Waals surface area contributed by atoms with Crippen LogP contribution in [-0.2, 0) is 16.0 Å². The van der Waals surface area contributed by atoms with Gasteiger partial charge in [0.25, 0.3) is 0 Å². The smallest absolute Gasteiger partial charge is 0.323 e. The maximum absolute atomic E-state index is 11.8. The molecule has 26 heavy (non-hydrogen) atoms. The van der Waals surface area contributed by atoms with E-state index in [2.05, 4.69) is 93.9 Å². The lowest BCUT2D eigenvalue weighted by Crippen LogP contribution is -2.33. The fourth-order valence-electron chi connectivity index (χ4n) is 2.09. The topological polar surface area (TPSA) is 67.8 Å². The number of ether oxygens (including phenoxy) is 2. The Kier molecular flexibility index (Phi) is 9.69. The van der Waals surface area contributed by atoms with Crippen molar-refractivity contribution in [1.82, 2.24) is 3.53 Å². The van der Waals surface area contributed by atoms with Crippen LogP contribution in [0, 0.1) is 14.3 Å². The van der Waals surface area contributed by atoms with Gasteiger partial charge in [0.2, 0.25) is 0 Å². The number of phenols is 1. The third-order valence-corrected chi connectivity index (χ3v) is 7.32. The van der Waals surface area contributed by atoms with Crippen LogP contribution in [0.3, 0.4) is 0 Å². The van der Waals surface area contributed by atoms with Crippen LogP contribution in [0.1, 0.15) is 5.56 Å². The van der Waals surface area contributed by atoms with Crippen molar-refractivity contribution in [2.24, 2.45) is 0 Å². The number of benzene rings is 2. The Morgan fingerprint density at radius 1 is 1.08 bits per heavy atom. The minimum Gasteiger partial charge on any atom is -0.506 e. The maximum Gasteiger partial charge on any atom is 0.323 e. The number of carbonyl (C=O) groups excluding carboxylic acids is 1. The third-order valence-electron chi connectivity index (χ3n) is 3.33. The number of nitrogens with one attached hydrogen (secondary N) is 1. The molecule has 2 aromatic rings. The van der Waals surface area contributed by atoms with Gasteiger partial charge in [0.1, 0.15) is 17.5 Å². The van der Waals surface area contributed by atoms with Crippen LogP contribution in [0.2, 0.25) is 0 Å².